The standard InChI is InChI=1S/C19H19NO2/c1-3-14(2)15-8-10-16(11-9-15)18(21)13-22-19-7-5-4-6-17(19)12-20/h4-11,14H,3,13H2,1-2H3/t14-/m1/s1. The Kier molecular flexibility index (Phi) is 5.32. The van der Waals surface area contributed by atoms with Crippen LogP contribution in [-0.2, 0) is 0 Å². The van der Waals surface area contributed by atoms with Gasteiger partial charge in [0.15, 0.2) is 12.4 Å². The Labute approximate surface area is 131 Å². The van der Waals surface area contributed by atoms with Crippen molar-refractivity contribution in [3.05, 3.63) is 65.2 Å². The molecule has 0 bridgehead atoms. The molecule has 0 aliphatic carbocycles. The van der Waals surface area contributed by atoms with Crippen LogP contribution in [0.3, 0.4) is 0 Å². The summed E-state index contributed by atoms with van der Waals surface area (Å²) in [6.07, 6.45) is 1.07. The molecular formula is C19H19NO2. The van der Waals surface area contributed by atoms with E-state index in [0.29, 0.717) is 22.8 Å². The SMILES string of the molecule is CC[C@@H](C)c1ccc(C(=O)COc2ccccc2C#N)cc1. The molecule has 0 saturated heterocycles. The second kappa shape index (κ2) is 7.42. The Morgan fingerprint density at radius 2 is 1.86 bits per heavy atom. The van der Waals surface area contributed by atoms with Gasteiger partial charge < -0.3 is 4.74 Å². The van der Waals surface area contributed by atoms with Crippen molar-refractivity contribution >= 4 is 5.78 Å². The molecule has 0 heterocycles. The van der Waals surface area contributed by atoms with Gasteiger partial charge >= 0.3 is 0 Å². The molecule has 3 heteroatoms. The van der Waals surface area contributed by atoms with Crippen LogP contribution in [0, 0.1) is 11.3 Å². The lowest BCUT2D eigenvalue weighted by Gasteiger charge is -2.10. The smallest absolute Gasteiger partial charge is 0.200 e. The molecule has 2 aromatic carbocycles. The van der Waals surface area contributed by atoms with Crippen LogP contribution in [0.25, 0.3) is 0 Å². The maximum absolute atomic E-state index is 12.2. The molecule has 0 amide bonds. The Balaban J connectivity index is 2.02. The minimum Gasteiger partial charge on any atom is -0.484 e. The zero-order chi connectivity index (χ0) is 15.9. The van der Waals surface area contributed by atoms with E-state index in [1.54, 1.807) is 24.3 Å². The molecular weight excluding hydrogens is 274 g/mol. The fraction of sp³-hybridized carbons (Fsp3) is 0.263. The van der Waals surface area contributed by atoms with Crippen LogP contribution < -0.4 is 4.74 Å². The molecule has 2 rings (SSSR count). The van der Waals surface area contributed by atoms with Gasteiger partial charge in [-0.15, -0.1) is 0 Å². The van der Waals surface area contributed by atoms with Crippen LogP contribution in [0.5, 0.6) is 5.75 Å². The van der Waals surface area contributed by atoms with Gasteiger partial charge in [0.25, 0.3) is 0 Å². The molecule has 0 saturated carbocycles. The van der Waals surface area contributed by atoms with E-state index in [-0.39, 0.29) is 12.4 Å². The van der Waals surface area contributed by atoms with Crippen molar-refractivity contribution in [1.82, 2.24) is 0 Å². The first-order valence-corrected chi connectivity index (χ1v) is 7.40. The van der Waals surface area contributed by atoms with Crippen molar-refractivity contribution < 1.29 is 9.53 Å². The number of carbonyl (C=O) groups is 1. The summed E-state index contributed by atoms with van der Waals surface area (Å²) in [5.74, 6) is 0.834. The minimum absolute atomic E-state index is 0.0681. The number of rotatable bonds is 6. The summed E-state index contributed by atoms with van der Waals surface area (Å²) in [4.78, 5) is 12.2. The first-order valence-electron chi connectivity index (χ1n) is 7.40. The predicted octanol–water partition coefficient (Wildman–Crippen LogP) is 4.33. The fourth-order valence-electron chi connectivity index (χ4n) is 2.14. The number of carbonyl (C=O) groups excluding carboxylic acids is 1. The maximum atomic E-state index is 12.2. The first kappa shape index (κ1) is 15.8. The zero-order valence-corrected chi connectivity index (χ0v) is 12.9. The van der Waals surface area contributed by atoms with E-state index in [1.807, 2.05) is 30.3 Å². The molecule has 2 aromatic rings. The quantitative estimate of drug-likeness (QED) is 0.745. The molecule has 0 aromatic heterocycles. The molecule has 3 nitrogen and oxygen atoms in total. The number of Topliss-reactive ketones (excluding diaryl/α,β-unsaturated/α-hetero) is 1. The molecule has 0 fully saturated rings. The molecule has 0 aliphatic heterocycles. The number of benzene rings is 2. The van der Waals surface area contributed by atoms with Crippen LogP contribution in [-0.4, -0.2) is 12.4 Å². The van der Waals surface area contributed by atoms with E-state index in [4.69, 9.17) is 10.00 Å². The summed E-state index contributed by atoms with van der Waals surface area (Å²) in [5.41, 5.74) is 2.29. The number of hydrogen-bond donors (Lipinski definition) is 0. The van der Waals surface area contributed by atoms with Gasteiger partial charge in [-0.2, -0.15) is 5.26 Å². The highest BCUT2D eigenvalue weighted by molar-refractivity contribution is 5.97. The Bertz CT molecular complexity index is 683. The molecule has 0 unspecified atom stereocenters. The number of ketones is 1. The van der Waals surface area contributed by atoms with Gasteiger partial charge in [0.2, 0.25) is 0 Å². The first-order chi connectivity index (χ1) is 10.7. The summed E-state index contributed by atoms with van der Waals surface area (Å²) in [6, 6.07) is 16.6. The van der Waals surface area contributed by atoms with Crippen LogP contribution in [0.2, 0.25) is 0 Å². The van der Waals surface area contributed by atoms with E-state index < -0.39 is 0 Å². The minimum atomic E-state index is -0.0940. The fourth-order valence-corrected chi connectivity index (χ4v) is 2.14. The molecule has 1 atom stereocenters. The van der Waals surface area contributed by atoms with Gasteiger partial charge in [0.1, 0.15) is 11.8 Å². The normalized spacial score (nSPS) is 11.5. The largest absolute Gasteiger partial charge is 0.484 e. The van der Waals surface area contributed by atoms with E-state index in [0.717, 1.165) is 6.42 Å². The number of nitrogens with zero attached hydrogens (tertiary/aromatic N) is 1. The topological polar surface area (TPSA) is 50.1 Å². The van der Waals surface area contributed by atoms with Gasteiger partial charge in [-0.05, 0) is 30.0 Å². The highest BCUT2D eigenvalue weighted by Crippen LogP contribution is 2.20. The predicted molar refractivity (Wildman–Crippen MR) is 86.1 cm³/mol. The summed E-state index contributed by atoms with van der Waals surface area (Å²) < 4.78 is 5.47. The second-order valence-electron chi connectivity index (χ2n) is 5.25. The monoisotopic (exact) mass is 293 g/mol. The lowest BCUT2D eigenvalue weighted by atomic mass is 9.97. The average molecular weight is 293 g/mol. The Hall–Kier alpha value is -2.60. The zero-order valence-electron chi connectivity index (χ0n) is 12.9. The summed E-state index contributed by atoms with van der Waals surface area (Å²) in [6.45, 7) is 4.24. The third-order valence-corrected chi connectivity index (χ3v) is 3.78. The van der Waals surface area contributed by atoms with E-state index in [1.165, 1.54) is 5.56 Å². The molecule has 0 spiro atoms. The van der Waals surface area contributed by atoms with Crippen molar-refractivity contribution in [3.8, 4) is 11.8 Å². The van der Waals surface area contributed by atoms with Gasteiger partial charge in [-0.25, -0.2) is 0 Å². The average Bonchev–Trinajstić information content (AvgIpc) is 2.59. The van der Waals surface area contributed by atoms with Crippen LogP contribution in [0.4, 0.5) is 0 Å². The molecule has 22 heavy (non-hydrogen) atoms. The van der Waals surface area contributed by atoms with Crippen molar-refractivity contribution in [1.29, 1.82) is 5.26 Å². The number of nitriles is 1. The highest BCUT2D eigenvalue weighted by Gasteiger charge is 2.10. The van der Waals surface area contributed by atoms with Crippen molar-refractivity contribution in [2.45, 2.75) is 26.2 Å². The van der Waals surface area contributed by atoms with E-state index in [2.05, 4.69) is 13.8 Å². The summed E-state index contributed by atoms with van der Waals surface area (Å²) in [7, 11) is 0. The molecule has 0 aliphatic rings. The van der Waals surface area contributed by atoms with Crippen LogP contribution >= 0.6 is 0 Å². The number of hydrogen-bond acceptors (Lipinski definition) is 3. The van der Waals surface area contributed by atoms with Crippen molar-refractivity contribution in [2.24, 2.45) is 0 Å². The van der Waals surface area contributed by atoms with Crippen molar-refractivity contribution in [2.75, 3.05) is 6.61 Å². The van der Waals surface area contributed by atoms with Crippen LogP contribution in [0.1, 0.15) is 47.7 Å². The van der Waals surface area contributed by atoms with Gasteiger partial charge in [-0.3, -0.25) is 4.79 Å². The Morgan fingerprint density at radius 3 is 2.50 bits per heavy atom. The van der Waals surface area contributed by atoms with Crippen molar-refractivity contribution in [3.63, 3.8) is 0 Å². The Morgan fingerprint density at radius 1 is 1.18 bits per heavy atom. The second-order valence-corrected chi connectivity index (χ2v) is 5.25. The van der Waals surface area contributed by atoms with Gasteiger partial charge in [0, 0.05) is 5.56 Å². The number of ether oxygens (including phenoxy) is 1. The molecule has 0 N–H and O–H groups in total. The van der Waals surface area contributed by atoms with Gasteiger partial charge in [0.05, 0.1) is 5.56 Å². The summed E-state index contributed by atoms with van der Waals surface area (Å²) in [5, 5.41) is 8.99. The van der Waals surface area contributed by atoms with Crippen LogP contribution in [0.15, 0.2) is 48.5 Å². The molecule has 0 radical (unpaired) electrons. The number of para-hydroxylation sites is 1. The lowest BCUT2D eigenvalue weighted by Crippen LogP contribution is -2.12. The lowest BCUT2D eigenvalue weighted by molar-refractivity contribution is 0.0921. The third kappa shape index (κ3) is 3.73. The van der Waals surface area contributed by atoms with E-state index >= 15 is 0 Å². The highest BCUT2D eigenvalue weighted by atomic mass is 16.5. The molecule has 112 valence electrons. The maximum Gasteiger partial charge on any atom is 0.200 e. The van der Waals surface area contributed by atoms with Gasteiger partial charge in [-0.1, -0.05) is 50.2 Å². The summed E-state index contributed by atoms with van der Waals surface area (Å²) >= 11 is 0. The third-order valence-electron chi connectivity index (χ3n) is 3.78. The van der Waals surface area contributed by atoms with E-state index in [9.17, 15) is 4.79 Å².